The number of benzene rings is 1. The first-order chi connectivity index (χ1) is 9.58. The number of hydrogen-bond donors (Lipinski definition) is 0. The zero-order chi connectivity index (χ0) is 14.8. The highest BCUT2D eigenvalue weighted by Gasteiger charge is 2.01. The van der Waals surface area contributed by atoms with E-state index in [2.05, 4.69) is 26.8 Å². The van der Waals surface area contributed by atoms with Crippen LogP contribution in [0.25, 0.3) is 0 Å². The van der Waals surface area contributed by atoms with Crippen LogP contribution in [0.3, 0.4) is 0 Å². The van der Waals surface area contributed by atoms with Gasteiger partial charge in [-0.1, -0.05) is 55.8 Å². The lowest BCUT2D eigenvalue weighted by atomic mass is 10.0. The van der Waals surface area contributed by atoms with Gasteiger partial charge in [0.05, 0.1) is 12.7 Å². The van der Waals surface area contributed by atoms with Crippen molar-refractivity contribution < 1.29 is 9.53 Å². The summed E-state index contributed by atoms with van der Waals surface area (Å²) < 4.78 is 5.06. The van der Waals surface area contributed by atoms with E-state index in [0.717, 1.165) is 18.4 Å². The van der Waals surface area contributed by atoms with Crippen molar-refractivity contribution in [2.75, 3.05) is 0 Å². The molecular weight excluding hydrogens is 248 g/mol. The maximum atomic E-state index is 11.6. The Morgan fingerprint density at radius 1 is 1.25 bits per heavy atom. The number of carbonyl (C=O) groups excluding carboxylic acids is 1. The van der Waals surface area contributed by atoms with Crippen LogP contribution in [0.4, 0.5) is 0 Å². The summed E-state index contributed by atoms with van der Waals surface area (Å²) in [6.45, 7) is 6.55. The van der Waals surface area contributed by atoms with Crippen molar-refractivity contribution in [3.8, 4) is 0 Å². The highest BCUT2D eigenvalue weighted by Crippen LogP contribution is 2.10. The van der Waals surface area contributed by atoms with Crippen LogP contribution in [0.15, 0.2) is 54.3 Å². The Labute approximate surface area is 122 Å². The van der Waals surface area contributed by atoms with Crippen LogP contribution in [-0.2, 0) is 16.0 Å². The Balaban J connectivity index is 2.26. The lowest BCUT2D eigenvalue weighted by Crippen LogP contribution is -2.03. The average molecular weight is 272 g/mol. The molecule has 0 aromatic heterocycles. The number of ether oxygens (including phenoxy) is 1. The fourth-order valence-electron chi connectivity index (χ4n) is 1.98. The second-order valence-electron chi connectivity index (χ2n) is 5.41. The molecule has 0 N–H and O–H groups in total. The number of carbonyl (C=O) groups is 1. The Hall–Kier alpha value is -1.83. The summed E-state index contributed by atoms with van der Waals surface area (Å²) in [5.74, 6) is 0.453. The summed E-state index contributed by atoms with van der Waals surface area (Å²) in [5, 5.41) is 0. The molecule has 1 rings (SSSR count). The van der Waals surface area contributed by atoms with Crippen molar-refractivity contribution >= 4 is 5.97 Å². The zero-order valence-electron chi connectivity index (χ0n) is 12.6. The smallest absolute Gasteiger partial charge is 0.315 e. The van der Waals surface area contributed by atoms with Gasteiger partial charge in [0, 0.05) is 0 Å². The molecule has 0 aliphatic carbocycles. The molecule has 0 radical (unpaired) electrons. The third-order valence-electron chi connectivity index (χ3n) is 2.82. The van der Waals surface area contributed by atoms with Crippen molar-refractivity contribution in [2.45, 2.75) is 40.0 Å². The maximum absolute atomic E-state index is 11.6. The molecule has 0 unspecified atom stereocenters. The van der Waals surface area contributed by atoms with E-state index in [4.69, 9.17) is 4.74 Å². The Morgan fingerprint density at radius 3 is 2.60 bits per heavy atom. The number of esters is 1. The normalized spacial score (nSPS) is 12.1. The molecule has 0 aliphatic rings. The second kappa shape index (κ2) is 9.13. The van der Waals surface area contributed by atoms with Gasteiger partial charge >= 0.3 is 5.97 Å². The van der Waals surface area contributed by atoms with Crippen LogP contribution in [0.1, 0.15) is 39.2 Å². The van der Waals surface area contributed by atoms with Gasteiger partial charge in [0.1, 0.15) is 0 Å². The Kier molecular flexibility index (Phi) is 7.41. The SMILES string of the molecule is C/C(=C\C/C=C/OC(=O)Cc1ccccc1)CC(C)C. The summed E-state index contributed by atoms with van der Waals surface area (Å²) in [4.78, 5) is 11.6. The van der Waals surface area contributed by atoms with Gasteiger partial charge in [-0.05, 0) is 37.3 Å². The van der Waals surface area contributed by atoms with Gasteiger partial charge in [0.2, 0.25) is 0 Å². The first-order valence-corrected chi connectivity index (χ1v) is 7.12. The van der Waals surface area contributed by atoms with Gasteiger partial charge < -0.3 is 4.74 Å². The Morgan fingerprint density at radius 2 is 1.95 bits per heavy atom. The van der Waals surface area contributed by atoms with Crippen LogP contribution in [0.2, 0.25) is 0 Å². The fourth-order valence-corrected chi connectivity index (χ4v) is 1.98. The first kappa shape index (κ1) is 16.2. The molecule has 20 heavy (non-hydrogen) atoms. The van der Waals surface area contributed by atoms with Crippen LogP contribution in [0, 0.1) is 5.92 Å². The highest BCUT2D eigenvalue weighted by molar-refractivity contribution is 5.73. The predicted octanol–water partition coefficient (Wildman–Crippen LogP) is 4.67. The number of hydrogen-bond acceptors (Lipinski definition) is 2. The van der Waals surface area contributed by atoms with Crippen LogP contribution in [-0.4, -0.2) is 5.97 Å². The molecule has 0 bridgehead atoms. The predicted molar refractivity (Wildman–Crippen MR) is 83.2 cm³/mol. The van der Waals surface area contributed by atoms with Crippen molar-refractivity contribution in [1.82, 2.24) is 0 Å². The van der Waals surface area contributed by atoms with Crippen molar-refractivity contribution in [1.29, 1.82) is 0 Å². The van der Waals surface area contributed by atoms with Crippen molar-refractivity contribution in [2.24, 2.45) is 5.92 Å². The summed E-state index contributed by atoms with van der Waals surface area (Å²) >= 11 is 0. The molecule has 0 aliphatic heterocycles. The van der Waals surface area contributed by atoms with Crippen molar-refractivity contribution in [3.05, 3.63) is 59.9 Å². The van der Waals surface area contributed by atoms with Gasteiger partial charge in [-0.3, -0.25) is 4.79 Å². The van der Waals surface area contributed by atoms with E-state index in [1.165, 1.54) is 11.8 Å². The third-order valence-corrected chi connectivity index (χ3v) is 2.82. The topological polar surface area (TPSA) is 26.3 Å². The molecule has 108 valence electrons. The Bertz CT molecular complexity index is 456. The maximum Gasteiger partial charge on any atom is 0.315 e. The van der Waals surface area contributed by atoms with E-state index >= 15 is 0 Å². The molecule has 0 saturated heterocycles. The molecule has 0 atom stereocenters. The number of rotatable bonds is 7. The van der Waals surface area contributed by atoms with E-state index in [9.17, 15) is 4.79 Å². The standard InChI is InChI=1S/C18H24O2/c1-15(2)13-16(3)9-7-8-12-20-18(19)14-17-10-5-4-6-11-17/h4-6,8-12,15H,7,13-14H2,1-3H3/b12-8+,16-9+. The van der Waals surface area contributed by atoms with E-state index in [1.54, 1.807) is 0 Å². The fraction of sp³-hybridized carbons (Fsp3) is 0.389. The van der Waals surface area contributed by atoms with Gasteiger partial charge in [0.15, 0.2) is 0 Å². The molecular formula is C18H24O2. The van der Waals surface area contributed by atoms with E-state index in [-0.39, 0.29) is 5.97 Å². The molecule has 0 saturated carbocycles. The highest BCUT2D eigenvalue weighted by atomic mass is 16.5. The van der Waals surface area contributed by atoms with Gasteiger partial charge in [-0.2, -0.15) is 0 Å². The summed E-state index contributed by atoms with van der Waals surface area (Å²) in [7, 11) is 0. The van der Waals surface area contributed by atoms with Gasteiger partial charge in [0.25, 0.3) is 0 Å². The van der Waals surface area contributed by atoms with Crippen molar-refractivity contribution in [3.63, 3.8) is 0 Å². The molecule has 1 aromatic carbocycles. The molecule has 0 spiro atoms. The molecule has 2 heteroatoms. The molecule has 0 amide bonds. The average Bonchev–Trinajstić information content (AvgIpc) is 2.38. The van der Waals surface area contributed by atoms with E-state index in [0.29, 0.717) is 12.3 Å². The minimum Gasteiger partial charge on any atom is -0.435 e. The first-order valence-electron chi connectivity index (χ1n) is 7.12. The van der Waals surface area contributed by atoms with Gasteiger partial charge in [-0.15, -0.1) is 0 Å². The monoisotopic (exact) mass is 272 g/mol. The lowest BCUT2D eigenvalue weighted by molar-refractivity contribution is -0.137. The minimum atomic E-state index is -0.227. The lowest BCUT2D eigenvalue weighted by Gasteiger charge is -2.03. The van der Waals surface area contributed by atoms with Crippen LogP contribution in [0.5, 0.6) is 0 Å². The largest absolute Gasteiger partial charge is 0.435 e. The molecule has 2 nitrogen and oxygen atoms in total. The van der Waals surface area contributed by atoms with Crippen LogP contribution >= 0.6 is 0 Å². The third kappa shape index (κ3) is 7.57. The van der Waals surface area contributed by atoms with Crippen LogP contribution < -0.4 is 0 Å². The number of allylic oxidation sites excluding steroid dienone is 3. The second-order valence-corrected chi connectivity index (χ2v) is 5.41. The van der Waals surface area contributed by atoms with E-state index in [1.807, 2.05) is 36.4 Å². The van der Waals surface area contributed by atoms with Gasteiger partial charge in [-0.25, -0.2) is 0 Å². The summed E-state index contributed by atoms with van der Waals surface area (Å²) in [5.41, 5.74) is 2.35. The molecule has 0 fully saturated rings. The minimum absolute atomic E-state index is 0.227. The summed E-state index contributed by atoms with van der Waals surface area (Å²) in [6, 6.07) is 9.61. The molecule has 1 aromatic rings. The quantitative estimate of drug-likeness (QED) is 0.409. The van der Waals surface area contributed by atoms with E-state index < -0.39 is 0 Å². The zero-order valence-corrected chi connectivity index (χ0v) is 12.6. The molecule has 0 heterocycles. The summed E-state index contributed by atoms with van der Waals surface area (Å²) in [6.07, 6.45) is 7.75.